The second-order valence-corrected chi connectivity index (χ2v) is 5.40. The van der Waals surface area contributed by atoms with Crippen molar-refractivity contribution >= 4 is 18.1 Å². The zero-order valence-electron chi connectivity index (χ0n) is 12.9. The summed E-state index contributed by atoms with van der Waals surface area (Å²) in [5, 5.41) is 7.38. The van der Waals surface area contributed by atoms with Crippen molar-refractivity contribution in [1.82, 2.24) is 14.7 Å². The van der Waals surface area contributed by atoms with E-state index in [0.29, 0.717) is 12.6 Å². The number of aliphatic imine (C=N–C) groups is 2. The Balaban J connectivity index is 1.96. The number of allylic oxidation sites excluding steroid dienone is 1. The molecule has 2 rings (SSSR count). The molecule has 0 spiro atoms. The van der Waals surface area contributed by atoms with E-state index in [1.165, 1.54) is 0 Å². The molecule has 0 aromatic carbocycles. The van der Waals surface area contributed by atoms with Crippen LogP contribution in [-0.4, -0.2) is 53.9 Å². The second-order valence-electron chi connectivity index (χ2n) is 5.40. The van der Waals surface area contributed by atoms with Crippen molar-refractivity contribution in [3.8, 4) is 0 Å². The number of rotatable bonds is 6. The topological polar surface area (TPSA) is 57.8 Å². The van der Waals surface area contributed by atoms with Gasteiger partial charge in [-0.25, -0.2) is 0 Å². The Morgan fingerprint density at radius 1 is 1.48 bits per heavy atom. The first-order chi connectivity index (χ1) is 10.2. The van der Waals surface area contributed by atoms with Gasteiger partial charge in [0.05, 0.1) is 11.9 Å². The van der Waals surface area contributed by atoms with Crippen molar-refractivity contribution in [3.05, 3.63) is 24.7 Å². The molecule has 0 atom stereocenters. The standard InChI is InChI=1S/C15H24N6/c1-16-7-4-15(13-5-8-20(2)9-6-13)18-12-17-14-10-19-21(3)11-14/h4,7,10-11,13,17H,1,5-6,8-9,12H2,2-3H3/b7-4-,18-15+. The molecule has 1 aromatic rings. The summed E-state index contributed by atoms with van der Waals surface area (Å²) in [7, 11) is 4.06. The molecule has 0 radical (unpaired) electrons. The van der Waals surface area contributed by atoms with Gasteiger partial charge in [-0.15, -0.1) is 0 Å². The molecule has 114 valence electrons. The van der Waals surface area contributed by atoms with Crippen LogP contribution in [0.25, 0.3) is 0 Å². The van der Waals surface area contributed by atoms with E-state index >= 15 is 0 Å². The Morgan fingerprint density at radius 3 is 2.86 bits per heavy atom. The van der Waals surface area contributed by atoms with Crippen molar-refractivity contribution in [3.63, 3.8) is 0 Å². The molecule has 6 heteroatoms. The van der Waals surface area contributed by atoms with Crippen LogP contribution in [0, 0.1) is 5.92 Å². The lowest BCUT2D eigenvalue weighted by Crippen LogP contribution is -2.33. The average molecular weight is 288 g/mol. The maximum atomic E-state index is 4.69. The molecule has 1 aliphatic heterocycles. The zero-order valence-corrected chi connectivity index (χ0v) is 12.9. The maximum absolute atomic E-state index is 4.69. The first-order valence-electron chi connectivity index (χ1n) is 7.27. The fourth-order valence-corrected chi connectivity index (χ4v) is 2.49. The van der Waals surface area contributed by atoms with Crippen LogP contribution < -0.4 is 5.32 Å². The highest BCUT2D eigenvalue weighted by Crippen LogP contribution is 2.18. The summed E-state index contributed by atoms with van der Waals surface area (Å²) in [5.41, 5.74) is 2.08. The Hall–Kier alpha value is -1.95. The lowest BCUT2D eigenvalue weighted by molar-refractivity contribution is 0.252. The molecule has 2 heterocycles. The Kier molecular flexibility index (Phi) is 5.68. The van der Waals surface area contributed by atoms with Gasteiger partial charge in [0, 0.05) is 31.1 Å². The van der Waals surface area contributed by atoms with Gasteiger partial charge < -0.3 is 10.2 Å². The van der Waals surface area contributed by atoms with Gasteiger partial charge in [0.15, 0.2) is 0 Å². The SMILES string of the molecule is C=N/C=C\C(=N/CNc1cnn(C)c1)C1CCN(C)CC1. The van der Waals surface area contributed by atoms with Gasteiger partial charge in [-0.1, -0.05) is 0 Å². The summed E-state index contributed by atoms with van der Waals surface area (Å²) in [6, 6.07) is 0. The second kappa shape index (κ2) is 7.73. The van der Waals surface area contributed by atoms with Crippen LogP contribution in [0.1, 0.15) is 12.8 Å². The number of likely N-dealkylation sites (tertiary alicyclic amines) is 1. The zero-order chi connectivity index (χ0) is 15.1. The monoisotopic (exact) mass is 288 g/mol. The molecule has 6 nitrogen and oxygen atoms in total. The number of hydrogen-bond acceptors (Lipinski definition) is 5. The normalized spacial score (nSPS) is 18.3. The molecule has 1 aliphatic rings. The van der Waals surface area contributed by atoms with E-state index in [4.69, 9.17) is 0 Å². The quantitative estimate of drug-likeness (QED) is 0.812. The van der Waals surface area contributed by atoms with Gasteiger partial charge >= 0.3 is 0 Å². The highest BCUT2D eigenvalue weighted by atomic mass is 15.3. The summed E-state index contributed by atoms with van der Waals surface area (Å²) in [4.78, 5) is 10.8. The van der Waals surface area contributed by atoms with E-state index in [1.807, 2.05) is 19.3 Å². The fourth-order valence-electron chi connectivity index (χ4n) is 2.49. The predicted octanol–water partition coefficient (Wildman–Crippen LogP) is 1.79. The highest BCUT2D eigenvalue weighted by molar-refractivity contribution is 5.97. The van der Waals surface area contributed by atoms with Gasteiger partial charge in [0.1, 0.15) is 6.67 Å². The molecule has 0 saturated carbocycles. The number of nitrogens with zero attached hydrogens (tertiary/aromatic N) is 5. The third-order valence-electron chi connectivity index (χ3n) is 3.74. The number of nitrogens with one attached hydrogen (secondary N) is 1. The third kappa shape index (κ3) is 4.82. The lowest BCUT2D eigenvalue weighted by Gasteiger charge is -2.29. The number of aryl methyl sites for hydroxylation is 1. The van der Waals surface area contributed by atoms with E-state index in [9.17, 15) is 0 Å². The van der Waals surface area contributed by atoms with Gasteiger partial charge in [-0.05, 0) is 45.8 Å². The molecule has 1 saturated heterocycles. The number of hydrogen-bond donors (Lipinski definition) is 1. The van der Waals surface area contributed by atoms with Crippen LogP contribution in [0.5, 0.6) is 0 Å². The fraction of sp³-hybridized carbons (Fsp3) is 0.533. The summed E-state index contributed by atoms with van der Waals surface area (Å²) in [6.45, 7) is 6.28. The largest absolute Gasteiger partial charge is 0.364 e. The molecule has 1 N–H and O–H groups in total. The molecule has 0 aliphatic carbocycles. The molecule has 21 heavy (non-hydrogen) atoms. The highest BCUT2D eigenvalue weighted by Gasteiger charge is 2.19. The summed E-state index contributed by atoms with van der Waals surface area (Å²) < 4.78 is 1.77. The van der Waals surface area contributed by atoms with Gasteiger partial charge in [-0.2, -0.15) is 5.10 Å². The Morgan fingerprint density at radius 2 is 2.24 bits per heavy atom. The smallest absolute Gasteiger partial charge is 0.108 e. The average Bonchev–Trinajstić information content (AvgIpc) is 2.89. The van der Waals surface area contributed by atoms with Crippen molar-refractivity contribution in [2.45, 2.75) is 12.8 Å². The van der Waals surface area contributed by atoms with E-state index in [1.54, 1.807) is 17.1 Å². The number of piperidine rings is 1. The van der Waals surface area contributed by atoms with Crippen LogP contribution in [0.4, 0.5) is 5.69 Å². The van der Waals surface area contributed by atoms with Crippen LogP contribution in [-0.2, 0) is 7.05 Å². The van der Waals surface area contributed by atoms with E-state index in [-0.39, 0.29) is 0 Å². The van der Waals surface area contributed by atoms with E-state index in [2.05, 4.69) is 39.1 Å². The third-order valence-corrected chi connectivity index (χ3v) is 3.74. The summed E-state index contributed by atoms with van der Waals surface area (Å²) in [5.74, 6) is 0.509. The van der Waals surface area contributed by atoms with Crippen molar-refractivity contribution < 1.29 is 0 Å². The predicted molar refractivity (Wildman–Crippen MR) is 88.0 cm³/mol. The number of anilines is 1. The summed E-state index contributed by atoms with van der Waals surface area (Å²) >= 11 is 0. The minimum atomic E-state index is 0.509. The van der Waals surface area contributed by atoms with E-state index < -0.39 is 0 Å². The van der Waals surface area contributed by atoms with Crippen molar-refractivity contribution in [2.24, 2.45) is 23.0 Å². The molecule has 1 fully saturated rings. The van der Waals surface area contributed by atoms with Gasteiger partial charge in [0.2, 0.25) is 0 Å². The van der Waals surface area contributed by atoms with Crippen LogP contribution in [0.2, 0.25) is 0 Å². The molecular weight excluding hydrogens is 264 g/mol. The first kappa shape index (κ1) is 15.4. The van der Waals surface area contributed by atoms with Crippen molar-refractivity contribution in [2.75, 3.05) is 32.1 Å². The Labute approximate surface area is 126 Å². The minimum absolute atomic E-state index is 0.509. The van der Waals surface area contributed by atoms with Crippen LogP contribution >= 0.6 is 0 Å². The molecular formula is C15H24N6. The lowest BCUT2D eigenvalue weighted by atomic mass is 9.92. The molecule has 0 bridgehead atoms. The summed E-state index contributed by atoms with van der Waals surface area (Å²) in [6.07, 6.45) is 9.72. The van der Waals surface area contributed by atoms with Crippen LogP contribution in [0.3, 0.4) is 0 Å². The minimum Gasteiger partial charge on any atom is -0.364 e. The van der Waals surface area contributed by atoms with Gasteiger partial charge in [-0.3, -0.25) is 14.7 Å². The molecule has 0 amide bonds. The molecule has 1 aromatic heterocycles. The molecule has 0 unspecified atom stereocenters. The maximum Gasteiger partial charge on any atom is 0.108 e. The van der Waals surface area contributed by atoms with Gasteiger partial charge in [0.25, 0.3) is 0 Å². The van der Waals surface area contributed by atoms with Crippen molar-refractivity contribution in [1.29, 1.82) is 0 Å². The number of aromatic nitrogens is 2. The van der Waals surface area contributed by atoms with Crippen LogP contribution in [0.15, 0.2) is 34.7 Å². The first-order valence-corrected chi connectivity index (χ1v) is 7.27. The van der Waals surface area contributed by atoms with E-state index in [0.717, 1.165) is 37.3 Å². The Bertz CT molecular complexity index is 508.